The summed E-state index contributed by atoms with van der Waals surface area (Å²) in [5.41, 5.74) is -2.27. The van der Waals surface area contributed by atoms with Gasteiger partial charge in [-0.1, -0.05) is 47.5 Å². The Hall–Kier alpha value is -3.01. The van der Waals surface area contributed by atoms with E-state index < -0.39 is 41.5 Å². The van der Waals surface area contributed by atoms with Crippen molar-refractivity contribution in [3.8, 4) is 0 Å². The molecule has 41 heavy (non-hydrogen) atoms. The summed E-state index contributed by atoms with van der Waals surface area (Å²) in [4.78, 5) is 27.8. The first-order chi connectivity index (χ1) is 19.5. The maximum atomic E-state index is 16.5. The monoisotopic (exact) mass is 601 g/mol. The number of methoxy groups -OCH3 is 1. The van der Waals surface area contributed by atoms with Gasteiger partial charge in [0.2, 0.25) is 0 Å². The van der Waals surface area contributed by atoms with E-state index in [-0.39, 0.29) is 22.6 Å². The molecule has 1 saturated heterocycles. The van der Waals surface area contributed by atoms with Crippen LogP contribution in [0.5, 0.6) is 0 Å². The number of hydrogen-bond acceptors (Lipinski definition) is 5. The summed E-state index contributed by atoms with van der Waals surface area (Å²) in [7, 11) is 1.34. The molecule has 3 aromatic carbocycles. The number of halogens is 3. The molecule has 0 radical (unpaired) electrons. The molecule has 0 saturated carbocycles. The van der Waals surface area contributed by atoms with Crippen LogP contribution in [0.25, 0.3) is 0 Å². The second kappa shape index (κ2) is 11.3. The Morgan fingerprint density at radius 3 is 2.27 bits per heavy atom. The standard InChI is InChI=1S/C31H30Cl2FNO6/c1-30(39,19-11-13-41-14-12-19)21-15-24-28(25(34)16-21)31(40-2,20-5-9-23(33)10-6-20)35(29(24)38)26(17-27(36)37)18-3-7-22(32)8-4-18/h3-10,15-16,19,26,39H,11-14,17H2,1-2H3,(H,36,37)/t26-,30?,31-/m1/s1. The molecular formula is C31H30Cl2FNO6. The zero-order valence-corrected chi connectivity index (χ0v) is 24.1. The van der Waals surface area contributed by atoms with E-state index in [2.05, 4.69) is 0 Å². The first-order valence-corrected chi connectivity index (χ1v) is 14.0. The van der Waals surface area contributed by atoms with Gasteiger partial charge in [0.15, 0.2) is 5.72 Å². The van der Waals surface area contributed by atoms with Crippen molar-refractivity contribution in [3.63, 3.8) is 0 Å². The molecule has 0 aromatic heterocycles. The van der Waals surface area contributed by atoms with Crippen LogP contribution in [0, 0.1) is 11.7 Å². The van der Waals surface area contributed by atoms with Gasteiger partial charge < -0.3 is 19.7 Å². The van der Waals surface area contributed by atoms with Crippen LogP contribution in [0.2, 0.25) is 10.0 Å². The third-order valence-electron chi connectivity index (χ3n) is 8.28. The highest BCUT2D eigenvalue weighted by atomic mass is 35.5. The summed E-state index contributed by atoms with van der Waals surface area (Å²) >= 11 is 12.3. The van der Waals surface area contributed by atoms with Gasteiger partial charge >= 0.3 is 5.97 Å². The molecule has 1 fully saturated rings. The van der Waals surface area contributed by atoms with Crippen molar-refractivity contribution in [1.82, 2.24) is 4.90 Å². The van der Waals surface area contributed by atoms with E-state index >= 15 is 4.39 Å². The number of carbonyl (C=O) groups excluding carboxylic acids is 1. The van der Waals surface area contributed by atoms with Crippen molar-refractivity contribution in [2.24, 2.45) is 5.92 Å². The summed E-state index contributed by atoms with van der Waals surface area (Å²) in [6.07, 6.45) is 0.667. The predicted octanol–water partition coefficient (Wildman–Crippen LogP) is 6.29. The first-order valence-electron chi connectivity index (χ1n) is 13.3. The van der Waals surface area contributed by atoms with Crippen molar-refractivity contribution in [3.05, 3.63) is 104 Å². The normalized spacial score (nSPS) is 21.4. The maximum Gasteiger partial charge on any atom is 0.305 e. The number of carboxylic acid groups (broad SMARTS) is 1. The lowest BCUT2D eigenvalue weighted by atomic mass is 9.77. The molecule has 2 heterocycles. The number of carboxylic acids is 1. The van der Waals surface area contributed by atoms with Crippen molar-refractivity contribution in [1.29, 1.82) is 0 Å². The van der Waals surface area contributed by atoms with Crippen molar-refractivity contribution in [2.75, 3.05) is 20.3 Å². The average Bonchev–Trinajstić information content (AvgIpc) is 3.22. The minimum absolute atomic E-state index is 0.0199. The van der Waals surface area contributed by atoms with Gasteiger partial charge in [-0.15, -0.1) is 0 Å². The van der Waals surface area contributed by atoms with Crippen LogP contribution in [0.3, 0.4) is 0 Å². The van der Waals surface area contributed by atoms with Gasteiger partial charge in [-0.25, -0.2) is 4.39 Å². The number of carbonyl (C=O) groups is 2. The van der Waals surface area contributed by atoms with Crippen LogP contribution in [0.1, 0.15) is 64.8 Å². The summed E-state index contributed by atoms with van der Waals surface area (Å²) in [6, 6.07) is 14.5. The third-order valence-corrected chi connectivity index (χ3v) is 8.79. The minimum atomic E-state index is -1.84. The van der Waals surface area contributed by atoms with Crippen molar-refractivity contribution in [2.45, 2.75) is 43.6 Å². The van der Waals surface area contributed by atoms with Crippen molar-refractivity contribution < 1.29 is 33.7 Å². The van der Waals surface area contributed by atoms with E-state index in [0.717, 1.165) is 0 Å². The second-order valence-electron chi connectivity index (χ2n) is 10.6. The fraction of sp³-hybridized carbons (Fsp3) is 0.355. The molecular weight excluding hydrogens is 572 g/mol. The lowest BCUT2D eigenvalue weighted by Crippen LogP contribution is -2.49. The number of aliphatic carboxylic acids is 1. The fourth-order valence-electron chi connectivity index (χ4n) is 6.15. The summed E-state index contributed by atoms with van der Waals surface area (Å²) < 4.78 is 28.0. The van der Waals surface area contributed by atoms with Gasteiger partial charge in [-0.2, -0.15) is 0 Å². The Morgan fingerprint density at radius 1 is 1.12 bits per heavy atom. The summed E-state index contributed by atoms with van der Waals surface area (Å²) in [6.45, 7) is 2.57. The molecule has 0 bridgehead atoms. The van der Waals surface area contributed by atoms with E-state index in [0.29, 0.717) is 47.2 Å². The Kier molecular flexibility index (Phi) is 8.16. The van der Waals surface area contributed by atoms with Crippen LogP contribution in [0.15, 0.2) is 60.7 Å². The molecule has 0 aliphatic carbocycles. The zero-order valence-electron chi connectivity index (χ0n) is 22.6. The van der Waals surface area contributed by atoms with Crippen LogP contribution >= 0.6 is 23.2 Å². The topological polar surface area (TPSA) is 96.3 Å². The molecule has 10 heteroatoms. The molecule has 2 N–H and O–H groups in total. The van der Waals surface area contributed by atoms with Gasteiger partial charge in [0, 0.05) is 35.9 Å². The van der Waals surface area contributed by atoms with Crippen LogP contribution in [-0.2, 0) is 25.6 Å². The van der Waals surface area contributed by atoms with Crippen LogP contribution in [-0.4, -0.2) is 47.3 Å². The van der Waals surface area contributed by atoms with E-state index in [4.69, 9.17) is 32.7 Å². The molecule has 1 unspecified atom stereocenters. The van der Waals surface area contributed by atoms with Crippen molar-refractivity contribution >= 4 is 35.1 Å². The van der Waals surface area contributed by atoms with Crippen LogP contribution in [0.4, 0.5) is 4.39 Å². The van der Waals surface area contributed by atoms with E-state index in [1.165, 1.54) is 24.1 Å². The summed E-state index contributed by atoms with van der Waals surface area (Å²) in [5, 5.41) is 22.4. The first kappa shape index (κ1) is 29.5. The Balaban J connectivity index is 1.75. The Bertz CT molecular complexity index is 1460. The lowest BCUT2D eigenvalue weighted by Gasteiger charge is -2.42. The lowest BCUT2D eigenvalue weighted by molar-refractivity contribution is -0.142. The second-order valence-corrected chi connectivity index (χ2v) is 11.5. The highest BCUT2D eigenvalue weighted by Crippen LogP contribution is 2.52. The Morgan fingerprint density at radius 2 is 1.71 bits per heavy atom. The fourth-order valence-corrected chi connectivity index (χ4v) is 6.40. The van der Waals surface area contributed by atoms with Gasteiger partial charge in [0.25, 0.3) is 5.91 Å². The maximum absolute atomic E-state index is 16.5. The number of amides is 1. The van der Waals surface area contributed by atoms with E-state index in [9.17, 15) is 19.8 Å². The predicted molar refractivity (Wildman–Crippen MR) is 151 cm³/mol. The molecule has 3 aromatic rings. The molecule has 7 nitrogen and oxygen atoms in total. The third kappa shape index (κ3) is 5.13. The largest absolute Gasteiger partial charge is 0.481 e. The number of fused-ring (bicyclic) bond motifs is 1. The van der Waals surface area contributed by atoms with Gasteiger partial charge in [0.1, 0.15) is 5.82 Å². The molecule has 3 atom stereocenters. The number of rotatable bonds is 8. The molecule has 5 rings (SSSR count). The highest BCUT2D eigenvalue weighted by molar-refractivity contribution is 6.30. The average molecular weight is 602 g/mol. The zero-order chi connectivity index (χ0) is 29.5. The van der Waals surface area contributed by atoms with Gasteiger partial charge in [-0.05, 0) is 73.2 Å². The molecule has 2 aliphatic rings. The highest BCUT2D eigenvalue weighted by Gasteiger charge is 2.57. The van der Waals surface area contributed by atoms with E-state index in [1.54, 1.807) is 55.5 Å². The number of nitrogens with zero attached hydrogens (tertiary/aromatic N) is 1. The number of ether oxygens (including phenoxy) is 2. The SMILES string of the molecule is CO[C@]1(c2ccc(Cl)cc2)c2c(F)cc(C(C)(O)C3CCOCC3)cc2C(=O)N1[C@H](CC(=O)O)c1ccc(Cl)cc1. The summed E-state index contributed by atoms with van der Waals surface area (Å²) in [5.74, 6) is -2.78. The van der Waals surface area contributed by atoms with Gasteiger partial charge in [0.05, 0.1) is 29.2 Å². The van der Waals surface area contributed by atoms with Crippen LogP contribution < -0.4 is 0 Å². The molecule has 0 spiro atoms. The molecule has 1 amide bonds. The smallest absolute Gasteiger partial charge is 0.305 e. The number of aliphatic hydroxyl groups is 1. The quantitative estimate of drug-likeness (QED) is 0.315. The minimum Gasteiger partial charge on any atom is -0.481 e. The molecule has 2 aliphatic heterocycles. The van der Waals surface area contributed by atoms with E-state index in [1.807, 2.05) is 0 Å². The Labute approximate surface area is 247 Å². The number of hydrogen-bond donors (Lipinski definition) is 2. The number of benzene rings is 3. The molecule has 216 valence electrons. The van der Waals surface area contributed by atoms with Gasteiger partial charge in [-0.3, -0.25) is 14.5 Å².